The van der Waals surface area contributed by atoms with Gasteiger partial charge in [-0.3, -0.25) is 0 Å². The molecule has 0 aliphatic rings. The number of nitrogens with zero attached hydrogens (tertiary/aromatic N) is 1. The highest BCUT2D eigenvalue weighted by Crippen LogP contribution is 2.22. The maximum absolute atomic E-state index is 12.8. The average molecular weight is 425 g/mol. The number of hydrogen-bond donors (Lipinski definition) is 1. The molecule has 0 saturated heterocycles. The van der Waals surface area contributed by atoms with Crippen LogP contribution in [0, 0.1) is 6.92 Å². The topological polar surface area (TPSA) is 83.5 Å². The summed E-state index contributed by atoms with van der Waals surface area (Å²) < 4.78 is 54.7. The molecule has 154 valence electrons. The first kappa shape index (κ1) is 22.5. The zero-order valence-corrected chi connectivity index (χ0v) is 18.3. The fourth-order valence-corrected chi connectivity index (χ4v) is 5.71. The van der Waals surface area contributed by atoms with Gasteiger partial charge in [0, 0.05) is 19.1 Å². The zero-order valence-electron chi connectivity index (χ0n) is 16.7. The van der Waals surface area contributed by atoms with E-state index in [1.165, 1.54) is 28.6 Å². The van der Waals surface area contributed by atoms with Gasteiger partial charge in [0.1, 0.15) is 0 Å². The third kappa shape index (κ3) is 5.00. The van der Waals surface area contributed by atoms with Gasteiger partial charge in [0.05, 0.1) is 9.79 Å². The summed E-state index contributed by atoms with van der Waals surface area (Å²) in [5, 5.41) is 0. The minimum Gasteiger partial charge on any atom is -0.207 e. The van der Waals surface area contributed by atoms with Gasteiger partial charge < -0.3 is 0 Å². The van der Waals surface area contributed by atoms with E-state index < -0.39 is 20.0 Å². The predicted octanol–water partition coefficient (Wildman–Crippen LogP) is 3.46. The standard InChI is InChI=1S/C20H28N2O4S2/c1-5-20(17-10-8-16(4)9-11-17)21-27(23,24)18-12-14-19(15-13-18)28(25,26)22(6-2)7-3/h8-15,20-21H,5-7H2,1-4H3/t20-/m0/s1. The monoisotopic (exact) mass is 424 g/mol. The Morgan fingerprint density at radius 2 is 1.32 bits per heavy atom. The van der Waals surface area contributed by atoms with Crippen LogP contribution in [0.2, 0.25) is 0 Å². The van der Waals surface area contributed by atoms with Crippen molar-refractivity contribution in [2.75, 3.05) is 13.1 Å². The second-order valence-corrected chi connectivity index (χ2v) is 10.2. The molecule has 8 heteroatoms. The van der Waals surface area contributed by atoms with Crippen molar-refractivity contribution >= 4 is 20.0 Å². The summed E-state index contributed by atoms with van der Waals surface area (Å²) in [5.74, 6) is 0. The van der Waals surface area contributed by atoms with E-state index in [1.54, 1.807) is 13.8 Å². The van der Waals surface area contributed by atoms with Gasteiger partial charge in [-0.15, -0.1) is 0 Å². The molecule has 28 heavy (non-hydrogen) atoms. The van der Waals surface area contributed by atoms with Gasteiger partial charge in [0.15, 0.2) is 0 Å². The minimum absolute atomic E-state index is 0.0385. The van der Waals surface area contributed by atoms with Gasteiger partial charge in [-0.25, -0.2) is 21.6 Å². The lowest BCUT2D eigenvalue weighted by atomic mass is 10.0. The number of sulfonamides is 2. The number of benzene rings is 2. The fraction of sp³-hybridized carbons (Fsp3) is 0.400. The van der Waals surface area contributed by atoms with E-state index in [2.05, 4.69) is 4.72 Å². The molecule has 0 unspecified atom stereocenters. The molecule has 0 bridgehead atoms. The maximum Gasteiger partial charge on any atom is 0.243 e. The van der Waals surface area contributed by atoms with Crippen molar-refractivity contribution in [2.24, 2.45) is 0 Å². The Morgan fingerprint density at radius 1 is 0.821 bits per heavy atom. The van der Waals surface area contributed by atoms with Crippen LogP contribution in [0.4, 0.5) is 0 Å². The Labute approximate surface area is 168 Å². The predicted molar refractivity (Wildman–Crippen MR) is 111 cm³/mol. The van der Waals surface area contributed by atoms with Gasteiger partial charge in [-0.1, -0.05) is 50.6 Å². The van der Waals surface area contributed by atoms with Crippen LogP contribution in [0.1, 0.15) is 44.4 Å². The van der Waals surface area contributed by atoms with Crippen LogP contribution >= 0.6 is 0 Å². The lowest BCUT2D eigenvalue weighted by molar-refractivity contribution is 0.445. The molecule has 0 radical (unpaired) electrons. The van der Waals surface area contributed by atoms with Crippen molar-refractivity contribution < 1.29 is 16.8 Å². The van der Waals surface area contributed by atoms with E-state index in [0.717, 1.165) is 11.1 Å². The largest absolute Gasteiger partial charge is 0.243 e. The summed E-state index contributed by atoms with van der Waals surface area (Å²) in [4.78, 5) is 0.122. The molecule has 0 aliphatic carbocycles. The fourth-order valence-electron chi connectivity index (χ4n) is 2.94. The van der Waals surface area contributed by atoms with Gasteiger partial charge in [-0.05, 0) is 43.2 Å². The van der Waals surface area contributed by atoms with Crippen LogP contribution in [0.25, 0.3) is 0 Å². The molecule has 0 saturated carbocycles. The van der Waals surface area contributed by atoms with Crippen LogP contribution in [0.3, 0.4) is 0 Å². The van der Waals surface area contributed by atoms with Gasteiger partial charge >= 0.3 is 0 Å². The minimum atomic E-state index is -3.78. The molecule has 0 aliphatic heterocycles. The first-order valence-electron chi connectivity index (χ1n) is 9.34. The molecule has 2 rings (SSSR count). The third-order valence-electron chi connectivity index (χ3n) is 4.66. The van der Waals surface area contributed by atoms with Crippen molar-refractivity contribution in [3.63, 3.8) is 0 Å². The quantitative estimate of drug-likeness (QED) is 0.668. The lowest BCUT2D eigenvalue weighted by Gasteiger charge is -2.19. The second-order valence-electron chi connectivity index (χ2n) is 6.55. The van der Waals surface area contributed by atoms with E-state index in [9.17, 15) is 16.8 Å². The van der Waals surface area contributed by atoms with E-state index >= 15 is 0 Å². The van der Waals surface area contributed by atoms with Crippen molar-refractivity contribution in [3.05, 3.63) is 59.7 Å². The van der Waals surface area contributed by atoms with Crippen LogP contribution < -0.4 is 4.72 Å². The normalized spacial score (nSPS) is 13.6. The Kier molecular flexibility index (Phi) is 7.39. The van der Waals surface area contributed by atoms with E-state index in [0.29, 0.717) is 19.5 Å². The number of aryl methyl sites for hydroxylation is 1. The molecule has 2 aromatic carbocycles. The molecule has 0 spiro atoms. The molecule has 1 atom stereocenters. The SMILES string of the molecule is CC[C@H](NS(=O)(=O)c1ccc(S(=O)(=O)N(CC)CC)cc1)c1ccc(C)cc1. The van der Waals surface area contributed by atoms with Crippen LogP contribution in [-0.4, -0.2) is 34.2 Å². The zero-order chi connectivity index (χ0) is 20.9. The highest BCUT2D eigenvalue weighted by molar-refractivity contribution is 7.89. The summed E-state index contributed by atoms with van der Waals surface area (Å²) in [5.41, 5.74) is 1.99. The van der Waals surface area contributed by atoms with Crippen molar-refractivity contribution in [1.82, 2.24) is 9.03 Å². The lowest BCUT2D eigenvalue weighted by Crippen LogP contribution is -2.31. The third-order valence-corrected chi connectivity index (χ3v) is 8.21. The summed E-state index contributed by atoms with van der Waals surface area (Å²) in [6, 6.07) is 12.7. The Hall–Kier alpha value is -1.74. The summed E-state index contributed by atoms with van der Waals surface area (Å²) >= 11 is 0. The Morgan fingerprint density at radius 3 is 1.79 bits per heavy atom. The molecule has 0 fully saturated rings. The summed E-state index contributed by atoms with van der Waals surface area (Å²) in [6.07, 6.45) is 0.594. The highest BCUT2D eigenvalue weighted by atomic mass is 32.2. The molecule has 0 heterocycles. The second kappa shape index (κ2) is 9.17. The summed E-state index contributed by atoms with van der Waals surface area (Å²) in [6.45, 7) is 8.12. The Balaban J connectivity index is 2.27. The molecule has 1 N–H and O–H groups in total. The smallest absolute Gasteiger partial charge is 0.207 e. The van der Waals surface area contributed by atoms with Crippen molar-refractivity contribution in [2.45, 2.75) is 49.9 Å². The van der Waals surface area contributed by atoms with Crippen LogP contribution in [0.15, 0.2) is 58.3 Å². The van der Waals surface area contributed by atoms with Crippen molar-refractivity contribution in [1.29, 1.82) is 0 Å². The summed E-state index contributed by atoms with van der Waals surface area (Å²) in [7, 11) is -7.40. The molecule has 2 aromatic rings. The molecule has 0 aromatic heterocycles. The molecule has 0 amide bonds. The van der Waals surface area contributed by atoms with Crippen molar-refractivity contribution in [3.8, 4) is 0 Å². The molecular formula is C20H28N2O4S2. The van der Waals surface area contributed by atoms with Gasteiger partial charge in [-0.2, -0.15) is 4.31 Å². The van der Waals surface area contributed by atoms with Gasteiger partial charge in [0.2, 0.25) is 20.0 Å². The molecular weight excluding hydrogens is 396 g/mol. The Bertz CT molecular complexity index is 980. The number of nitrogens with one attached hydrogen (secondary N) is 1. The first-order chi connectivity index (χ1) is 13.2. The van der Waals surface area contributed by atoms with Crippen LogP contribution in [0.5, 0.6) is 0 Å². The first-order valence-corrected chi connectivity index (χ1v) is 12.3. The van der Waals surface area contributed by atoms with E-state index in [-0.39, 0.29) is 15.8 Å². The number of rotatable bonds is 9. The highest BCUT2D eigenvalue weighted by Gasteiger charge is 2.24. The van der Waals surface area contributed by atoms with Gasteiger partial charge in [0.25, 0.3) is 0 Å². The van der Waals surface area contributed by atoms with Crippen LogP contribution in [-0.2, 0) is 20.0 Å². The van der Waals surface area contributed by atoms with E-state index in [4.69, 9.17) is 0 Å². The van der Waals surface area contributed by atoms with E-state index in [1.807, 2.05) is 38.1 Å². The number of hydrogen-bond acceptors (Lipinski definition) is 4. The molecule has 6 nitrogen and oxygen atoms in total. The average Bonchev–Trinajstić information content (AvgIpc) is 2.67. The maximum atomic E-state index is 12.8.